The molecule has 1 aromatic carbocycles. The van der Waals surface area contributed by atoms with Crippen molar-refractivity contribution in [3.05, 3.63) is 63.4 Å². The van der Waals surface area contributed by atoms with Gasteiger partial charge in [0.2, 0.25) is 5.95 Å². The molecule has 0 aliphatic carbocycles. The Kier molecular flexibility index (Phi) is 6.15. The van der Waals surface area contributed by atoms with Crippen LogP contribution in [0.1, 0.15) is 33.7 Å². The number of nitrogens with one attached hydrogen (secondary N) is 2. The van der Waals surface area contributed by atoms with Crippen LogP contribution in [0.15, 0.2) is 35.7 Å². The highest BCUT2D eigenvalue weighted by atomic mass is 32.2. The van der Waals surface area contributed by atoms with Crippen molar-refractivity contribution in [1.29, 1.82) is 0 Å². The Morgan fingerprint density at radius 2 is 1.78 bits per heavy atom. The van der Waals surface area contributed by atoms with Gasteiger partial charge in [-0.05, 0) is 51.0 Å². The number of hydrogen-bond acceptors (Lipinski definition) is 6. The minimum Gasteiger partial charge on any atom is -0.345 e. The minimum absolute atomic E-state index is 0.0815. The van der Waals surface area contributed by atoms with E-state index >= 15 is 0 Å². The summed E-state index contributed by atoms with van der Waals surface area (Å²) in [7, 11) is 0. The first kappa shape index (κ1) is 19.4. The topological polar surface area (TPSA) is 100 Å². The van der Waals surface area contributed by atoms with Gasteiger partial charge in [-0.3, -0.25) is 9.27 Å². The summed E-state index contributed by atoms with van der Waals surface area (Å²) in [4.78, 5) is 13.6. The van der Waals surface area contributed by atoms with Crippen LogP contribution >= 0.6 is 11.3 Å². The average Bonchev–Trinajstić information content (AvgIpc) is 3.01. The third-order valence-corrected chi connectivity index (χ3v) is 5.08. The van der Waals surface area contributed by atoms with Gasteiger partial charge in [-0.1, -0.05) is 12.1 Å². The van der Waals surface area contributed by atoms with Crippen LogP contribution in [0.3, 0.4) is 0 Å². The summed E-state index contributed by atoms with van der Waals surface area (Å²) in [6.07, 6.45) is 0.683. The van der Waals surface area contributed by atoms with Crippen molar-refractivity contribution < 1.29 is 8.76 Å². The van der Waals surface area contributed by atoms with Crippen molar-refractivity contribution in [1.82, 2.24) is 15.0 Å². The van der Waals surface area contributed by atoms with Crippen LogP contribution in [0, 0.1) is 20.8 Å². The van der Waals surface area contributed by atoms with Gasteiger partial charge in [0.15, 0.2) is 0 Å². The first-order valence-electron chi connectivity index (χ1n) is 8.36. The minimum atomic E-state index is -2.08. The molecule has 142 valence electrons. The number of hydrogen-bond donors (Lipinski definition) is 3. The second-order valence-corrected chi connectivity index (χ2v) is 7.98. The van der Waals surface area contributed by atoms with E-state index in [1.54, 1.807) is 23.5 Å². The zero-order chi connectivity index (χ0) is 19.4. The van der Waals surface area contributed by atoms with Crippen molar-refractivity contribution in [3.63, 3.8) is 0 Å². The van der Waals surface area contributed by atoms with Crippen molar-refractivity contribution in [2.45, 2.75) is 33.2 Å². The van der Waals surface area contributed by atoms with Gasteiger partial charge in [-0.2, -0.15) is 0 Å². The Labute approximate surface area is 164 Å². The number of aromatic nitrogens is 3. The van der Waals surface area contributed by atoms with Gasteiger partial charge in [-0.15, -0.1) is 11.3 Å². The van der Waals surface area contributed by atoms with E-state index in [4.69, 9.17) is 4.55 Å². The molecule has 0 saturated carbocycles. The molecule has 3 aromatic rings. The fourth-order valence-corrected chi connectivity index (χ4v) is 3.77. The monoisotopic (exact) mass is 403 g/mol. The third-order valence-electron chi connectivity index (χ3n) is 3.88. The standard InChI is InChI=1S/C18H21N5O2S2/c1-11-8-12(2)20-18(19-11)22-16(17-10-26-13(3)21-17)9-14-4-6-15(7-5-14)23-27(24)25/h4-8,10,16,23H,9H2,1-3H3,(H,24,25)(H,19,20,22)/t16-/m0/s1. The van der Waals surface area contributed by atoms with E-state index < -0.39 is 11.3 Å². The molecule has 3 rings (SSSR count). The normalized spacial score (nSPS) is 13.2. The second kappa shape index (κ2) is 8.55. The van der Waals surface area contributed by atoms with Crippen molar-refractivity contribution >= 4 is 34.2 Å². The second-order valence-electron chi connectivity index (χ2n) is 6.21. The molecule has 27 heavy (non-hydrogen) atoms. The molecule has 0 saturated heterocycles. The number of aryl methyl sites for hydroxylation is 3. The first-order valence-corrected chi connectivity index (χ1v) is 10.3. The highest BCUT2D eigenvalue weighted by Gasteiger charge is 2.17. The van der Waals surface area contributed by atoms with Gasteiger partial charge in [0, 0.05) is 22.5 Å². The van der Waals surface area contributed by atoms with Gasteiger partial charge >= 0.3 is 0 Å². The van der Waals surface area contributed by atoms with Crippen LogP contribution in [0.25, 0.3) is 0 Å². The highest BCUT2D eigenvalue weighted by Crippen LogP contribution is 2.24. The molecule has 0 bridgehead atoms. The zero-order valence-electron chi connectivity index (χ0n) is 15.3. The number of anilines is 2. The highest BCUT2D eigenvalue weighted by molar-refractivity contribution is 7.80. The third kappa shape index (κ3) is 5.56. The molecule has 0 aliphatic rings. The summed E-state index contributed by atoms with van der Waals surface area (Å²) < 4.78 is 22.2. The molecule has 0 fully saturated rings. The van der Waals surface area contributed by atoms with E-state index in [0.717, 1.165) is 27.7 Å². The predicted molar refractivity (Wildman–Crippen MR) is 109 cm³/mol. The van der Waals surface area contributed by atoms with Crippen LogP contribution in [0.5, 0.6) is 0 Å². The molecule has 0 aliphatic heterocycles. The summed E-state index contributed by atoms with van der Waals surface area (Å²) in [5.41, 5.74) is 4.42. The van der Waals surface area contributed by atoms with Crippen LogP contribution in [0.2, 0.25) is 0 Å². The fraction of sp³-hybridized carbons (Fsp3) is 0.278. The number of thiazole rings is 1. The Morgan fingerprint density at radius 1 is 1.11 bits per heavy atom. The number of nitrogens with zero attached hydrogens (tertiary/aromatic N) is 3. The average molecular weight is 404 g/mol. The Balaban J connectivity index is 1.83. The van der Waals surface area contributed by atoms with Gasteiger partial charge in [0.05, 0.1) is 16.7 Å². The van der Waals surface area contributed by atoms with Gasteiger partial charge < -0.3 is 5.32 Å². The Bertz CT molecular complexity index is 923. The molecule has 0 radical (unpaired) electrons. The lowest BCUT2D eigenvalue weighted by atomic mass is 10.0. The SMILES string of the molecule is Cc1cc(C)nc(N[C@@H](Cc2ccc(NS(=O)O)cc2)c2csc(C)n2)n1. The predicted octanol–water partition coefficient (Wildman–Crippen LogP) is 3.80. The Morgan fingerprint density at radius 3 is 2.33 bits per heavy atom. The van der Waals surface area contributed by atoms with Gasteiger partial charge in [0.1, 0.15) is 0 Å². The molecule has 0 amide bonds. The summed E-state index contributed by atoms with van der Waals surface area (Å²) in [6, 6.07) is 9.25. The van der Waals surface area contributed by atoms with E-state index in [0.29, 0.717) is 18.1 Å². The van der Waals surface area contributed by atoms with Crippen LogP contribution in [0.4, 0.5) is 11.6 Å². The van der Waals surface area contributed by atoms with Crippen LogP contribution in [-0.2, 0) is 17.7 Å². The molecule has 0 spiro atoms. The zero-order valence-corrected chi connectivity index (χ0v) is 16.9. The largest absolute Gasteiger partial charge is 0.345 e. The molecular weight excluding hydrogens is 382 g/mol. The summed E-state index contributed by atoms with van der Waals surface area (Å²) >= 11 is -0.474. The lowest BCUT2D eigenvalue weighted by molar-refractivity contribution is 0.570. The molecule has 1 unspecified atom stereocenters. The van der Waals surface area contributed by atoms with Crippen molar-refractivity contribution in [2.75, 3.05) is 10.0 Å². The molecule has 7 nitrogen and oxygen atoms in total. The maximum Gasteiger partial charge on any atom is 0.259 e. The molecule has 2 aromatic heterocycles. The molecular formula is C18H21N5O2S2. The molecule has 3 N–H and O–H groups in total. The van der Waals surface area contributed by atoms with E-state index in [1.807, 2.05) is 44.4 Å². The Hall–Kier alpha value is -2.36. The smallest absolute Gasteiger partial charge is 0.259 e. The van der Waals surface area contributed by atoms with Gasteiger partial charge in [-0.25, -0.2) is 19.2 Å². The summed E-state index contributed by atoms with van der Waals surface area (Å²) in [6.45, 7) is 5.87. The van der Waals surface area contributed by atoms with Crippen LogP contribution in [-0.4, -0.2) is 23.7 Å². The van der Waals surface area contributed by atoms with E-state index in [-0.39, 0.29) is 6.04 Å². The van der Waals surface area contributed by atoms with E-state index in [9.17, 15) is 4.21 Å². The maximum atomic E-state index is 10.8. The van der Waals surface area contributed by atoms with Crippen molar-refractivity contribution in [2.24, 2.45) is 0 Å². The van der Waals surface area contributed by atoms with E-state index in [1.165, 1.54) is 0 Å². The lowest BCUT2D eigenvalue weighted by Crippen LogP contribution is -2.16. The fourth-order valence-electron chi connectivity index (χ4n) is 2.76. The molecule has 9 heteroatoms. The first-order chi connectivity index (χ1) is 12.9. The molecule has 2 heterocycles. The summed E-state index contributed by atoms with van der Waals surface area (Å²) in [5.74, 6) is 0.581. The quantitative estimate of drug-likeness (QED) is 0.519. The van der Waals surface area contributed by atoms with E-state index in [2.05, 4.69) is 25.0 Å². The van der Waals surface area contributed by atoms with Crippen LogP contribution < -0.4 is 10.0 Å². The summed E-state index contributed by atoms with van der Waals surface area (Å²) in [5, 5.41) is 6.45. The van der Waals surface area contributed by atoms with Crippen molar-refractivity contribution in [3.8, 4) is 0 Å². The molecule has 2 atom stereocenters. The number of benzene rings is 1. The lowest BCUT2D eigenvalue weighted by Gasteiger charge is -2.18. The van der Waals surface area contributed by atoms with Gasteiger partial charge in [0.25, 0.3) is 11.3 Å². The maximum absolute atomic E-state index is 10.8. The number of rotatable bonds is 7.